The van der Waals surface area contributed by atoms with Gasteiger partial charge in [0.05, 0.1) is 20.5 Å². The number of carbonyl (C=O) groups excluding carboxylic acids is 1. The molecule has 6 nitrogen and oxygen atoms in total. The van der Waals surface area contributed by atoms with Gasteiger partial charge in [0, 0.05) is 36.6 Å². The normalized spacial score (nSPS) is 10.3. The van der Waals surface area contributed by atoms with Crippen molar-refractivity contribution in [3.63, 3.8) is 0 Å². The number of amides is 1. The smallest absolute Gasteiger partial charge is 0.251 e. The van der Waals surface area contributed by atoms with E-state index in [0.717, 1.165) is 18.5 Å². The maximum Gasteiger partial charge on any atom is 0.251 e. The van der Waals surface area contributed by atoms with E-state index in [2.05, 4.69) is 10.3 Å². The number of carbonyl (C=O) groups is 1. The Morgan fingerprint density at radius 2 is 1.95 bits per heavy atom. The van der Waals surface area contributed by atoms with Crippen molar-refractivity contribution in [1.82, 2.24) is 14.9 Å². The number of rotatable bonds is 7. The van der Waals surface area contributed by atoms with Crippen molar-refractivity contribution in [3.8, 4) is 11.5 Å². The minimum atomic E-state index is -0.137. The second-order valence-corrected chi connectivity index (χ2v) is 4.92. The lowest BCUT2D eigenvalue weighted by molar-refractivity contribution is 0.0952. The van der Waals surface area contributed by atoms with Crippen LogP contribution in [0.2, 0.25) is 0 Å². The number of methoxy groups -OCH3 is 2. The molecule has 0 radical (unpaired) electrons. The van der Waals surface area contributed by atoms with E-state index in [1.54, 1.807) is 38.9 Å². The van der Waals surface area contributed by atoms with Crippen LogP contribution in [-0.4, -0.2) is 36.2 Å². The Morgan fingerprint density at radius 1 is 1.27 bits per heavy atom. The first-order valence-electron chi connectivity index (χ1n) is 7.12. The second kappa shape index (κ2) is 7.49. The molecule has 0 saturated carbocycles. The summed E-state index contributed by atoms with van der Waals surface area (Å²) in [6.45, 7) is 3.31. The first kappa shape index (κ1) is 15.9. The molecule has 0 aliphatic carbocycles. The van der Waals surface area contributed by atoms with Crippen LogP contribution in [0, 0.1) is 6.92 Å². The summed E-state index contributed by atoms with van der Waals surface area (Å²) in [5.41, 5.74) is 1.41. The Labute approximate surface area is 130 Å². The van der Waals surface area contributed by atoms with Gasteiger partial charge in [-0.2, -0.15) is 0 Å². The van der Waals surface area contributed by atoms with Gasteiger partial charge >= 0.3 is 0 Å². The number of aromatic nitrogens is 2. The molecule has 1 heterocycles. The summed E-state index contributed by atoms with van der Waals surface area (Å²) in [5.74, 6) is 1.15. The summed E-state index contributed by atoms with van der Waals surface area (Å²) in [6.07, 6.45) is 6.24. The lowest BCUT2D eigenvalue weighted by atomic mass is 10.1. The summed E-state index contributed by atoms with van der Waals surface area (Å²) in [5, 5.41) is 2.90. The van der Waals surface area contributed by atoms with E-state index in [-0.39, 0.29) is 5.91 Å². The predicted octanol–water partition coefficient (Wildman–Crippen LogP) is 2.03. The summed E-state index contributed by atoms with van der Waals surface area (Å²) in [7, 11) is 3.16. The van der Waals surface area contributed by atoms with Crippen molar-refractivity contribution in [2.24, 2.45) is 0 Å². The largest absolute Gasteiger partial charge is 0.496 e. The van der Waals surface area contributed by atoms with Crippen LogP contribution in [0.15, 0.2) is 30.9 Å². The molecule has 1 amide bonds. The van der Waals surface area contributed by atoms with Crippen molar-refractivity contribution < 1.29 is 14.3 Å². The minimum absolute atomic E-state index is 0.137. The highest BCUT2D eigenvalue weighted by atomic mass is 16.5. The number of hydrogen-bond donors (Lipinski definition) is 1. The lowest BCUT2D eigenvalue weighted by Crippen LogP contribution is -2.25. The molecule has 2 aromatic rings. The van der Waals surface area contributed by atoms with Crippen LogP contribution in [0.25, 0.3) is 0 Å². The molecule has 0 saturated heterocycles. The topological polar surface area (TPSA) is 65.4 Å². The number of nitrogens with one attached hydrogen (secondary N) is 1. The fourth-order valence-corrected chi connectivity index (χ4v) is 2.20. The van der Waals surface area contributed by atoms with Gasteiger partial charge in [0.2, 0.25) is 0 Å². The average molecular weight is 303 g/mol. The van der Waals surface area contributed by atoms with Gasteiger partial charge in [-0.1, -0.05) is 0 Å². The number of aryl methyl sites for hydroxylation is 1. The molecule has 0 aliphatic heterocycles. The highest BCUT2D eigenvalue weighted by Crippen LogP contribution is 2.29. The SMILES string of the molecule is COc1cc(C(=O)NCCCn2ccnc2)cc(OC)c1C. The molecule has 0 spiro atoms. The molecule has 0 bridgehead atoms. The number of imidazole rings is 1. The Balaban J connectivity index is 1.94. The molecule has 0 atom stereocenters. The Kier molecular flexibility index (Phi) is 5.41. The third-order valence-corrected chi connectivity index (χ3v) is 3.45. The van der Waals surface area contributed by atoms with E-state index >= 15 is 0 Å². The third kappa shape index (κ3) is 3.78. The summed E-state index contributed by atoms with van der Waals surface area (Å²) in [6, 6.07) is 3.45. The molecular formula is C16H21N3O3. The molecule has 22 heavy (non-hydrogen) atoms. The summed E-state index contributed by atoms with van der Waals surface area (Å²) in [4.78, 5) is 16.2. The highest BCUT2D eigenvalue weighted by Gasteiger charge is 2.13. The van der Waals surface area contributed by atoms with E-state index in [1.165, 1.54) is 0 Å². The maximum atomic E-state index is 12.2. The molecule has 118 valence electrons. The van der Waals surface area contributed by atoms with Gasteiger partial charge in [0.1, 0.15) is 11.5 Å². The molecule has 1 aromatic heterocycles. The number of benzene rings is 1. The summed E-state index contributed by atoms with van der Waals surface area (Å²) < 4.78 is 12.5. The van der Waals surface area contributed by atoms with Crippen LogP contribution in [0.4, 0.5) is 0 Å². The molecule has 1 N–H and O–H groups in total. The standard InChI is InChI=1S/C16H21N3O3/c1-12-14(21-2)9-13(10-15(12)22-3)16(20)18-5-4-7-19-8-6-17-11-19/h6,8-11H,4-5,7H2,1-3H3,(H,18,20). The zero-order valence-corrected chi connectivity index (χ0v) is 13.1. The van der Waals surface area contributed by atoms with Gasteiger partial charge in [-0.3, -0.25) is 4.79 Å². The molecule has 0 aliphatic rings. The van der Waals surface area contributed by atoms with Crippen LogP contribution >= 0.6 is 0 Å². The van der Waals surface area contributed by atoms with Crippen LogP contribution in [0.5, 0.6) is 11.5 Å². The van der Waals surface area contributed by atoms with E-state index in [0.29, 0.717) is 23.6 Å². The van der Waals surface area contributed by atoms with Gasteiger partial charge in [-0.15, -0.1) is 0 Å². The van der Waals surface area contributed by atoms with Gasteiger partial charge in [0.15, 0.2) is 0 Å². The monoisotopic (exact) mass is 303 g/mol. The van der Waals surface area contributed by atoms with Crippen molar-refractivity contribution in [2.75, 3.05) is 20.8 Å². The van der Waals surface area contributed by atoms with E-state index in [1.807, 2.05) is 17.7 Å². The van der Waals surface area contributed by atoms with Gasteiger partial charge in [-0.25, -0.2) is 4.98 Å². The first-order valence-corrected chi connectivity index (χ1v) is 7.12. The number of nitrogens with zero attached hydrogens (tertiary/aromatic N) is 2. The first-order chi connectivity index (χ1) is 10.7. The zero-order chi connectivity index (χ0) is 15.9. The van der Waals surface area contributed by atoms with Crippen molar-refractivity contribution in [3.05, 3.63) is 42.0 Å². The van der Waals surface area contributed by atoms with E-state index < -0.39 is 0 Å². The Bertz CT molecular complexity index is 599. The average Bonchev–Trinajstić information content (AvgIpc) is 3.05. The number of hydrogen-bond acceptors (Lipinski definition) is 4. The molecular weight excluding hydrogens is 282 g/mol. The van der Waals surface area contributed by atoms with Crippen LogP contribution in [0.3, 0.4) is 0 Å². The summed E-state index contributed by atoms with van der Waals surface area (Å²) >= 11 is 0. The van der Waals surface area contributed by atoms with E-state index in [4.69, 9.17) is 9.47 Å². The molecule has 1 aromatic carbocycles. The second-order valence-electron chi connectivity index (χ2n) is 4.92. The van der Waals surface area contributed by atoms with Crippen LogP contribution < -0.4 is 14.8 Å². The Hall–Kier alpha value is -2.50. The van der Waals surface area contributed by atoms with Crippen molar-refractivity contribution >= 4 is 5.91 Å². The maximum absolute atomic E-state index is 12.2. The fraction of sp³-hybridized carbons (Fsp3) is 0.375. The zero-order valence-electron chi connectivity index (χ0n) is 13.1. The van der Waals surface area contributed by atoms with Gasteiger partial charge in [0.25, 0.3) is 5.91 Å². The Morgan fingerprint density at radius 3 is 2.50 bits per heavy atom. The predicted molar refractivity (Wildman–Crippen MR) is 83.5 cm³/mol. The van der Waals surface area contributed by atoms with Crippen LogP contribution in [-0.2, 0) is 6.54 Å². The number of ether oxygens (including phenoxy) is 2. The van der Waals surface area contributed by atoms with Crippen molar-refractivity contribution in [1.29, 1.82) is 0 Å². The van der Waals surface area contributed by atoms with Gasteiger partial charge in [-0.05, 0) is 25.5 Å². The van der Waals surface area contributed by atoms with Crippen molar-refractivity contribution in [2.45, 2.75) is 19.9 Å². The minimum Gasteiger partial charge on any atom is -0.496 e. The third-order valence-electron chi connectivity index (χ3n) is 3.45. The van der Waals surface area contributed by atoms with E-state index in [9.17, 15) is 4.79 Å². The molecule has 6 heteroatoms. The highest BCUT2D eigenvalue weighted by molar-refractivity contribution is 5.95. The quantitative estimate of drug-likeness (QED) is 0.795. The lowest BCUT2D eigenvalue weighted by Gasteiger charge is -2.12. The molecule has 2 rings (SSSR count). The molecule has 0 unspecified atom stereocenters. The van der Waals surface area contributed by atoms with Gasteiger partial charge < -0.3 is 19.4 Å². The fourth-order valence-electron chi connectivity index (χ4n) is 2.20. The molecule has 0 fully saturated rings. The van der Waals surface area contributed by atoms with Crippen LogP contribution in [0.1, 0.15) is 22.3 Å².